The van der Waals surface area contributed by atoms with Gasteiger partial charge in [0.1, 0.15) is 5.82 Å². The number of amides is 1. The van der Waals surface area contributed by atoms with Gasteiger partial charge in [-0.05, 0) is 74.3 Å². The van der Waals surface area contributed by atoms with Crippen LogP contribution < -0.4 is 21.9 Å². The standard InChI is InChI=1S/C25H29FN2O3.ClH/c1-27-20-9-10-21(27)16-22(15-20)28(25(29)18-5-7-19(26)8-6-18)13-12-17-4-11-23(30-2)24(14-17)31-3;/h4-8,11,14-15,20-21H,9-10,12-13,16H2,1-3H3;1H. The van der Waals surface area contributed by atoms with Gasteiger partial charge in [-0.1, -0.05) is 6.07 Å². The Bertz CT molecular complexity index is 986. The number of hydrogen-bond donors (Lipinski definition) is 0. The number of carbonyl (C=O) groups excluding carboxylic acids is 1. The zero-order chi connectivity index (χ0) is 22.0. The van der Waals surface area contributed by atoms with E-state index >= 15 is 0 Å². The van der Waals surface area contributed by atoms with Crippen molar-refractivity contribution in [3.8, 4) is 11.5 Å². The maximum absolute atomic E-state index is 13.4. The normalized spacial score (nSPS) is 19.7. The number of fused-ring (bicyclic) bond motifs is 2. The van der Waals surface area contributed by atoms with Gasteiger partial charge in [0.15, 0.2) is 11.5 Å². The fraction of sp³-hybridized carbons (Fsp3) is 0.400. The zero-order valence-electron chi connectivity index (χ0n) is 19.7. The van der Waals surface area contributed by atoms with Crippen LogP contribution in [0.4, 0.5) is 4.39 Å². The highest BCUT2D eigenvalue weighted by atomic mass is 35.5. The molecule has 0 aromatic heterocycles. The molecule has 2 unspecified atom stereocenters. The third-order valence-corrected chi connectivity index (χ3v) is 6.48. The Labute approximate surface area is 196 Å². The van der Waals surface area contributed by atoms with E-state index in [1.165, 1.54) is 12.1 Å². The second kappa shape index (κ2) is 10.4. The number of ether oxygens (including phenoxy) is 2. The molecule has 0 aliphatic carbocycles. The molecule has 32 heavy (non-hydrogen) atoms. The fourth-order valence-electron chi connectivity index (χ4n) is 4.62. The highest BCUT2D eigenvalue weighted by Crippen LogP contribution is 2.35. The molecule has 0 spiro atoms. The van der Waals surface area contributed by atoms with Crippen LogP contribution in [0.2, 0.25) is 0 Å². The first-order valence-electron chi connectivity index (χ1n) is 10.7. The van der Waals surface area contributed by atoms with Crippen molar-refractivity contribution in [1.29, 1.82) is 0 Å². The van der Waals surface area contributed by atoms with Gasteiger partial charge in [0.05, 0.1) is 14.2 Å². The molecule has 1 fully saturated rings. The van der Waals surface area contributed by atoms with Crippen LogP contribution in [0.3, 0.4) is 0 Å². The molecule has 7 heteroatoms. The summed E-state index contributed by atoms with van der Waals surface area (Å²) in [5.74, 6) is 0.925. The van der Waals surface area contributed by atoms with Crippen molar-refractivity contribution in [2.75, 3.05) is 27.8 Å². The summed E-state index contributed by atoms with van der Waals surface area (Å²) in [5, 5.41) is 0. The van der Waals surface area contributed by atoms with E-state index in [9.17, 15) is 9.18 Å². The third kappa shape index (κ3) is 4.92. The summed E-state index contributed by atoms with van der Waals surface area (Å²) in [4.78, 5) is 17.7. The first-order chi connectivity index (χ1) is 15.0. The van der Waals surface area contributed by atoms with Gasteiger partial charge in [0, 0.05) is 36.3 Å². The third-order valence-electron chi connectivity index (χ3n) is 6.48. The number of likely N-dealkylation sites (N-methyl/N-ethyl adjacent to an activating group) is 1. The summed E-state index contributed by atoms with van der Waals surface area (Å²) in [7, 11) is 5.39. The van der Waals surface area contributed by atoms with Crippen molar-refractivity contribution in [3.05, 3.63) is 71.2 Å². The van der Waals surface area contributed by atoms with E-state index in [1.54, 1.807) is 26.4 Å². The molecular weight excluding hydrogens is 431 g/mol. The van der Waals surface area contributed by atoms with E-state index in [-0.39, 0.29) is 25.6 Å². The van der Waals surface area contributed by atoms with Crippen LogP contribution in [0, 0.1) is 5.82 Å². The lowest BCUT2D eigenvalue weighted by molar-refractivity contribution is -0.0000178. The maximum atomic E-state index is 13.4. The van der Waals surface area contributed by atoms with E-state index in [1.807, 2.05) is 23.1 Å². The highest BCUT2D eigenvalue weighted by Gasteiger charge is 2.36. The molecule has 1 amide bonds. The number of benzene rings is 2. The van der Waals surface area contributed by atoms with Crippen LogP contribution in [-0.4, -0.2) is 55.6 Å². The topological polar surface area (TPSA) is 42.0 Å². The Kier molecular flexibility index (Phi) is 7.80. The molecule has 5 nitrogen and oxygen atoms in total. The zero-order valence-corrected chi connectivity index (χ0v) is 19.4. The Morgan fingerprint density at radius 2 is 1.84 bits per heavy atom. The molecular formula is C25H30ClFN2O3. The summed E-state index contributed by atoms with van der Waals surface area (Å²) < 4.78 is 24.1. The number of carbonyl (C=O) groups is 1. The SMILES string of the molecule is COc1ccc(CCN(C(=O)c2ccc(F)cc2)C2=CC3CCC(C2)N3C)cc1OC.[Cl-].[H+]. The minimum absolute atomic E-state index is 0. The molecule has 1 saturated heterocycles. The van der Waals surface area contributed by atoms with Gasteiger partial charge in [-0.15, -0.1) is 0 Å². The van der Waals surface area contributed by atoms with Crippen LogP contribution in [0.5, 0.6) is 11.5 Å². The van der Waals surface area contributed by atoms with Gasteiger partial charge >= 0.3 is 1.43 Å². The number of hydrogen-bond acceptors (Lipinski definition) is 4. The van der Waals surface area contributed by atoms with E-state index in [4.69, 9.17) is 9.47 Å². The molecule has 4 rings (SSSR count). The molecule has 2 atom stereocenters. The molecule has 2 bridgehead atoms. The first kappa shape index (κ1) is 24.1. The highest BCUT2D eigenvalue weighted by molar-refractivity contribution is 5.95. The first-order valence-corrected chi connectivity index (χ1v) is 10.7. The average molecular weight is 461 g/mol. The van der Waals surface area contributed by atoms with Crippen molar-refractivity contribution in [2.45, 2.75) is 37.8 Å². The summed E-state index contributed by atoms with van der Waals surface area (Å²) in [6, 6.07) is 12.5. The number of methoxy groups -OCH3 is 2. The number of rotatable bonds is 7. The Hall–Kier alpha value is -2.57. The molecule has 2 aromatic carbocycles. The summed E-state index contributed by atoms with van der Waals surface area (Å²) >= 11 is 0. The molecule has 2 aliphatic heterocycles. The molecule has 0 N–H and O–H groups in total. The van der Waals surface area contributed by atoms with Crippen LogP contribution in [0.25, 0.3) is 0 Å². The predicted molar refractivity (Wildman–Crippen MR) is 119 cm³/mol. The summed E-state index contributed by atoms with van der Waals surface area (Å²) in [6.45, 7) is 0.542. The Balaban J connectivity index is 0.00000193. The van der Waals surface area contributed by atoms with Gasteiger partial charge in [0.25, 0.3) is 5.91 Å². The van der Waals surface area contributed by atoms with Gasteiger partial charge in [0.2, 0.25) is 0 Å². The smallest absolute Gasteiger partial charge is 1.00 e. The van der Waals surface area contributed by atoms with Crippen molar-refractivity contribution in [3.63, 3.8) is 0 Å². The van der Waals surface area contributed by atoms with Crippen molar-refractivity contribution in [1.82, 2.24) is 9.80 Å². The van der Waals surface area contributed by atoms with E-state index in [2.05, 4.69) is 18.0 Å². The van der Waals surface area contributed by atoms with E-state index in [0.29, 0.717) is 42.1 Å². The monoisotopic (exact) mass is 460 g/mol. The number of nitrogens with zero attached hydrogens (tertiary/aromatic N) is 2. The van der Waals surface area contributed by atoms with Crippen LogP contribution >= 0.6 is 0 Å². The molecule has 0 radical (unpaired) electrons. The lowest BCUT2D eigenvalue weighted by Crippen LogP contribution is -3.00. The lowest BCUT2D eigenvalue weighted by Gasteiger charge is -2.35. The van der Waals surface area contributed by atoms with Crippen LogP contribution in [0.1, 0.15) is 36.6 Å². The second-order valence-corrected chi connectivity index (χ2v) is 8.23. The van der Waals surface area contributed by atoms with Gasteiger partial charge in [-0.2, -0.15) is 0 Å². The van der Waals surface area contributed by atoms with Crippen LogP contribution in [0.15, 0.2) is 54.2 Å². The van der Waals surface area contributed by atoms with E-state index in [0.717, 1.165) is 30.5 Å². The molecule has 2 heterocycles. The summed E-state index contributed by atoms with van der Waals surface area (Å²) in [6.07, 6.45) is 6.04. The maximum Gasteiger partial charge on any atom is 1.00 e. The average Bonchev–Trinajstić information content (AvgIpc) is 2.99. The molecule has 172 valence electrons. The number of halogens is 2. The van der Waals surface area contributed by atoms with Gasteiger partial charge in [-0.25, -0.2) is 4.39 Å². The fourth-order valence-corrected chi connectivity index (χ4v) is 4.62. The van der Waals surface area contributed by atoms with Gasteiger partial charge in [-0.3, -0.25) is 9.69 Å². The van der Waals surface area contributed by atoms with Crippen LogP contribution in [-0.2, 0) is 6.42 Å². The van der Waals surface area contributed by atoms with Crippen molar-refractivity contribution in [2.24, 2.45) is 0 Å². The quantitative estimate of drug-likeness (QED) is 0.626. The molecule has 2 aromatic rings. The molecule has 0 saturated carbocycles. The minimum atomic E-state index is -0.343. The minimum Gasteiger partial charge on any atom is -1.00 e. The largest absolute Gasteiger partial charge is 1.00 e. The Morgan fingerprint density at radius 3 is 2.50 bits per heavy atom. The van der Waals surface area contributed by atoms with E-state index < -0.39 is 0 Å². The molecule has 2 aliphatic rings. The Morgan fingerprint density at radius 1 is 1.12 bits per heavy atom. The second-order valence-electron chi connectivity index (χ2n) is 8.23. The van der Waals surface area contributed by atoms with Gasteiger partial charge < -0.3 is 26.8 Å². The predicted octanol–water partition coefficient (Wildman–Crippen LogP) is 1.39. The van der Waals surface area contributed by atoms with Crippen molar-refractivity contribution < 1.29 is 32.5 Å². The van der Waals surface area contributed by atoms with Crippen molar-refractivity contribution >= 4 is 5.91 Å². The summed E-state index contributed by atoms with van der Waals surface area (Å²) in [5.41, 5.74) is 2.63. The lowest BCUT2D eigenvalue weighted by atomic mass is 10.0.